The molecule has 2 rings (SSSR count). The summed E-state index contributed by atoms with van der Waals surface area (Å²) in [4.78, 5) is 2.40. The van der Waals surface area contributed by atoms with Crippen LogP contribution in [0.25, 0.3) is 0 Å². The number of hydrogen-bond donors (Lipinski definition) is 1. The zero-order valence-corrected chi connectivity index (χ0v) is 9.32. The summed E-state index contributed by atoms with van der Waals surface area (Å²) in [6, 6.07) is 8.16. The van der Waals surface area contributed by atoms with Gasteiger partial charge < -0.3 is 10.0 Å². The highest BCUT2D eigenvalue weighted by molar-refractivity contribution is 5.53. The van der Waals surface area contributed by atoms with Crippen molar-refractivity contribution in [3.8, 4) is 0 Å². The molecule has 0 saturated carbocycles. The van der Waals surface area contributed by atoms with Crippen LogP contribution in [0.2, 0.25) is 0 Å². The van der Waals surface area contributed by atoms with E-state index in [9.17, 15) is 5.11 Å². The van der Waals surface area contributed by atoms with Crippen LogP contribution in [-0.2, 0) is 6.61 Å². The van der Waals surface area contributed by atoms with Crippen LogP contribution in [0.4, 0.5) is 5.69 Å². The van der Waals surface area contributed by atoms with E-state index in [4.69, 9.17) is 0 Å². The average molecular weight is 205 g/mol. The van der Waals surface area contributed by atoms with Gasteiger partial charge in [0.25, 0.3) is 0 Å². The number of hydrogen-bond acceptors (Lipinski definition) is 2. The van der Waals surface area contributed by atoms with E-state index in [-0.39, 0.29) is 6.61 Å². The summed E-state index contributed by atoms with van der Waals surface area (Å²) in [6.45, 7) is 4.69. The first kappa shape index (κ1) is 10.5. The van der Waals surface area contributed by atoms with E-state index in [0.29, 0.717) is 0 Å². The maximum absolute atomic E-state index is 9.29. The molecular weight excluding hydrogens is 186 g/mol. The summed E-state index contributed by atoms with van der Waals surface area (Å²) in [7, 11) is 0. The predicted molar refractivity (Wildman–Crippen MR) is 63.0 cm³/mol. The molecular formula is C13H19NO. The number of nitrogens with zero attached hydrogens (tertiary/aromatic N) is 1. The Morgan fingerprint density at radius 3 is 2.93 bits per heavy atom. The lowest BCUT2D eigenvalue weighted by Crippen LogP contribution is -2.34. The Morgan fingerprint density at radius 2 is 2.20 bits per heavy atom. The van der Waals surface area contributed by atoms with Gasteiger partial charge in [-0.3, -0.25) is 0 Å². The van der Waals surface area contributed by atoms with Gasteiger partial charge in [-0.25, -0.2) is 0 Å². The highest BCUT2D eigenvalue weighted by atomic mass is 16.3. The lowest BCUT2D eigenvalue weighted by atomic mass is 9.99. The second-order valence-corrected chi connectivity index (χ2v) is 4.48. The molecule has 1 aliphatic heterocycles. The molecule has 1 aromatic carbocycles. The normalized spacial score (nSPS) is 21.7. The van der Waals surface area contributed by atoms with Crippen molar-refractivity contribution < 1.29 is 5.11 Å². The second kappa shape index (κ2) is 4.67. The monoisotopic (exact) mass is 205 g/mol. The van der Waals surface area contributed by atoms with Crippen LogP contribution in [0.1, 0.15) is 25.3 Å². The van der Waals surface area contributed by atoms with Gasteiger partial charge in [0, 0.05) is 24.3 Å². The molecule has 1 aliphatic rings. The lowest BCUT2D eigenvalue weighted by Gasteiger charge is -2.34. The summed E-state index contributed by atoms with van der Waals surface area (Å²) in [5.74, 6) is 0.769. The van der Waals surface area contributed by atoms with Gasteiger partial charge in [0.15, 0.2) is 0 Å². The van der Waals surface area contributed by atoms with E-state index in [2.05, 4.69) is 17.9 Å². The van der Waals surface area contributed by atoms with Gasteiger partial charge in [-0.1, -0.05) is 25.1 Å². The van der Waals surface area contributed by atoms with Gasteiger partial charge in [-0.2, -0.15) is 0 Å². The van der Waals surface area contributed by atoms with Crippen molar-refractivity contribution in [2.75, 3.05) is 18.0 Å². The number of aliphatic hydroxyl groups excluding tert-OH is 1. The smallest absolute Gasteiger partial charge is 0.0702 e. The maximum atomic E-state index is 9.29. The van der Waals surface area contributed by atoms with Crippen molar-refractivity contribution in [3.05, 3.63) is 29.8 Å². The van der Waals surface area contributed by atoms with Crippen LogP contribution in [0, 0.1) is 5.92 Å². The third-order valence-corrected chi connectivity index (χ3v) is 3.16. The SMILES string of the molecule is CC1CCCN(c2ccccc2CO)C1. The van der Waals surface area contributed by atoms with Gasteiger partial charge in [-0.05, 0) is 24.8 Å². The van der Waals surface area contributed by atoms with Crippen LogP contribution >= 0.6 is 0 Å². The molecule has 1 aromatic rings. The summed E-state index contributed by atoms with van der Waals surface area (Å²) < 4.78 is 0. The number of anilines is 1. The number of rotatable bonds is 2. The molecule has 1 atom stereocenters. The van der Waals surface area contributed by atoms with E-state index in [1.165, 1.54) is 18.5 Å². The van der Waals surface area contributed by atoms with Gasteiger partial charge in [-0.15, -0.1) is 0 Å². The zero-order valence-electron chi connectivity index (χ0n) is 9.32. The van der Waals surface area contributed by atoms with Crippen LogP contribution in [0.5, 0.6) is 0 Å². The van der Waals surface area contributed by atoms with Crippen LogP contribution in [0.15, 0.2) is 24.3 Å². The third-order valence-electron chi connectivity index (χ3n) is 3.16. The van der Waals surface area contributed by atoms with Crippen LogP contribution in [0.3, 0.4) is 0 Å². The van der Waals surface area contributed by atoms with E-state index < -0.39 is 0 Å². The summed E-state index contributed by atoms with van der Waals surface area (Å²) in [5.41, 5.74) is 2.26. The Bertz CT molecular complexity index is 324. The summed E-state index contributed by atoms with van der Waals surface area (Å²) in [6.07, 6.45) is 2.60. The molecule has 0 aromatic heterocycles. The minimum absolute atomic E-state index is 0.140. The van der Waals surface area contributed by atoms with E-state index >= 15 is 0 Å². The summed E-state index contributed by atoms with van der Waals surface area (Å²) in [5, 5.41) is 9.29. The summed E-state index contributed by atoms with van der Waals surface area (Å²) >= 11 is 0. The molecule has 2 nitrogen and oxygen atoms in total. The first-order valence-electron chi connectivity index (χ1n) is 5.75. The third kappa shape index (κ3) is 2.32. The minimum Gasteiger partial charge on any atom is -0.392 e. The number of para-hydroxylation sites is 1. The number of benzene rings is 1. The van der Waals surface area contributed by atoms with E-state index in [1.54, 1.807) is 0 Å². The molecule has 2 heteroatoms. The molecule has 1 heterocycles. The molecule has 0 spiro atoms. The highest BCUT2D eigenvalue weighted by Crippen LogP contribution is 2.25. The topological polar surface area (TPSA) is 23.5 Å². The van der Waals surface area contributed by atoms with Crippen LogP contribution in [-0.4, -0.2) is 18.2 Å². The molecule has 15 heavy (non-hydrogen) atoms. The highest BCUT2D eigenvalue weighted by Gasteiger charge is 2.18. The molecule has 0 aliphatic carbocycles. The van der Waals surface area contributed by atoms with Gasteiger partial charge in [0.1, 0.15) is 0 Å². The van der Waals surface area contributed by atoms with Crippen molar-refractivity contribution in [1.29, 1.82) is 0 Å². The van der Waals surface area contributed by atoms with Crippen molar-refractivity contribution in [2.24, 2.45) is 5.92 Å². The Kier molecular flexibility index (Phi) is 3.27. The molecule has 82 valence electrons. The molecule has 1 N–H and O–H groups in total. The van der Waals surface area contributed by atoms with Crippen molar-refractivity contribution in [3.63, 3.8) is 0 Å². The zero-order chi connectivity index (χ0) is 10.7. The Balaban J connectivity index is 2.20. The number of aliphatic hydroxyl groups is 1. The van der Waals surface area contributed by atoms with Crippen molar-refractivity contribution >= 4 is 5.69 Å². The second-order valence-electron chi connectivity index (χ2n) is 4.48. The first-order chi connectivity index (χ1) is 7.31. The predicted octanol–water partition coefficient (Wildman–Crippen LogP) is 2.42. The molecule has 0 amide bonds. The van der Waals surface area contributed by atoms with Crippen molar-refractivity contribution in [1.82, 2.24) is 0 Å². The van der Waals surface area contributed by atoms with Crippen LogP contribution < -0.4 is 4.90 Å². The number of piperidine rings is 1. The largest absolute Gasteiger partial charge is 0.392 e. The average Bonchev–Trinajstić information content (AvgIpc) is 2.29. The minimum atomic E-state index is 0.140. The Morgan fingerprint density at radius 1 is 1.40 bits per heavy atom. The van der Waals surface area contributed by atoms with Gasteiger partial charge >= 0.3 is 0 Å². The van der Waals surface area contributed by atoms with E-state index in [1.807, 2.05) is 18.2 Å². The van der Waals surface area contributed by atoms with E-state index in [0.717, 1.165) is 24.6 Å². The van der Waals surface area contributed by atoms with Gasteiger partial charge in [0.2, 0.25) is 0 Å². The fraction of sp³-hybridized carbons (Fsp3) is 0.538. The Labute approximate surface area is 91.5 Å². The maximum Gasteiger partial charge on any atom is 0.0702 e. The quantitative estimate of drug-likeness (QED) is 0.801. The lowest BCUT2D eigenvalue weighted by molar-refractivity contribution is 0.281. The standard InChI is InChI=1S/C13H19NO/c1-11-5-4-8-14(9-11)13-7-3-2-6-12(13)10-15/h2-3,6-7,11,15H,4-5,8-10H2,1H3. The Hall–Kier alpha value is -1.02. The molecule has 1 unspecified atom stereocenters. The molecule has 1 fully saturated rings. The fourth-order valence-electron chi connectivity index (χ4n) is 2.36. The first-order valence-corrected chi connectivity index (χ1v) is 5.75. The molecule has 1 saturated heterocycles. The molecule has 0 bridgehead atoms. The van der Waals surface area contributed by atoms with Gasteiger partial charge in [0.05, 0.1) is 6.61 Å². The fourth-order valence-corrected chi connectivity index (χ4v) is 2.36. The molecule has 0 radical (unpaired) electrons. The van der Waals surface area contributed by atoms with Crippen molar-refractivity contribution in [2.45, 2.75) is 26.4 Å².